The van der Waals surface area contributed by atoms with Gasteiger partial charge in [-0.3, -0.25) is 0 Å². The van der Waals surface area contributed by atoms with Crippen molar-refractivity contribution in [1.82, 2.24) is 9.13 Å². The lowest BCUT2D eigenvalue weighted by atomic mass is 10.1. The van der Waals surface area contributed by atoms with Gasteiger partial charge in [-0.05, 0) is 63.1 Å². The fourth-order valence-corrected chi connectivity index (χ4v) is 4.69. The minimum atomic E-state index is 0.685. The smallest absolute Gasteiger partial charge is 0.104 e. The molecule has 0 fully saturated rings. The van der Waals surface area contributed by atoms with Gasteiger partial charge in [0.05, 0.1) is 22.4 Å². The number of aromatic nitrogens is 2. The van der Waals surface area contributed by atoms with Gasteiger partial charge in [-0.25, -0.2) is 0 Å². The van der Waals surface area contributed by atoms with Crippen molar-refractivity contribution in [1.29, 1.82) is 5.26 Å². The third kappa shape index (κ3) is 2.37. The molecule has 0 bridgehead atoms. The summed E-state index contributed by atoms with van der Waals surface area (Å²) in [6, 6.07) is 25.5. The monoisotopic (exact) mass is 389 g/mol. The maximum absolute atomic E-state index is 10.3. The number of aryl methyl sites for hydroxylation is 2. The summed E-state index contributed by atoms with van der Waals surface area (Å²) >= 11 is 0. The first kappa shape index (κ1) is 18.3. The van der Waals surface area contributed by atoms with Crippen LogP contribution in [0.4, 0.5) is 0 Å². The van der Waals surface area contributed by atoms with E-state index in [9.17, 15) is 5.26 Å². The molecule has 0 aliphatic heterocycles. The first-order chi connectivity index (χ1) is 14.5. The van der Waals surface area contributed by atoms with Crippen molar-refractivity contribution in [3.8, 4) is 17.4 Å². The molecule has 0 aliphatic rings. The summed E-state index contributed by atoms with van der Waals surface area (Å²) in [5.41, 5.74) is 9.61. The van der Waals surface area contributed by atoms with E-state index in [1.54, 1.807) is 0 Å². The molecule has 0 N–H and O–H groups in total. The summed E-state index contributed by atoms with van der Waals surface area (Å²) in [5.74, 6) is 0. The number of rotatable bonds is 2. The molecule has 2 heterocycles. The lowest BCUT2D eigenvalue weighted by Crippen LogP contribution is -2.06. The molecule has 0 radical (unpaired) electrons. The highest BCUT2D eigenvalue weighted by Crippen LogP contribution is 2.34. The lowest BCUT2D eigenvalue weighted by molar-refractivity contribution is 1.000. The van der Waals surface area contributed by atoms with Crippen LogP contribution in [0.25, 0.3) is 33.2 Å². The predicted octanol–water partition coefficient (Wildman–Crippen LogP) is 6.68. The zero-order valence-corrected chi connectivity index (χ0v) is 17.7. The average Bonchev–Trinajstić information content (AvgIpc) is 3.18. The van der Waals surface area contributed by atoms with Crippen LogP contribution in [0.3, 0.4) is 0 Å². The number of hydrogen-bond acceptors (Lipinski definition) is 1. The van der Waals surface area contributed by atoms with E-state index in [-0.39, 0.29) is 0 Å². The van der Waals surface area contributed by atoms with Crippen LogP contribution in [0.15, 0.2) is 66.7 Å². The van der Waals surface area contributed by atoms with Crippen LogP contribution in [0.2, 0.25) is 0 Å². The molecule has 0 spiro atoms. The highest BCUT2D eigenvalue weighted by atomic mass is 15.0. The van der Waals surface area contributed by atoms with E-state index in [4.69, 9.17) is 0 Å². The number of nitrogens with zero attached hydrogens (tertiary/aromatic N) is 3. The Balaban J connectivity index is 1.88. The quantitative estimate of drug-likeness (QED) is 0.331. The van der Waals surface area contributed by atoms with E-state index in [0.29, 0.717) is 5.56 Å². The van der Waals surface area contributed by atoms with Crippen molar-refractivity contribution >= 4 is 21.8 Å². The van der Waals surface area contributed by atoms with Crippen LogP contribution >= 0.6 is 0 Å². The Kier molecular flexibility index (Phi) is 4.04. The number of hydrogen-bond donors (Lipinski definition) is 0. The molecule has 0 saturated carbocycles. The normalized spacial score (nSPS) is 11.3. The van der Waals surface area contributed by atoms with Gasteiger partial charge in [0, 0.05) is 22.2 Å². The predicted molar refractivity (Wildman–Crippen MR) is 124 cm³/mol. The topological polar surface area (TPSA) is 33.6 Å². The molecule has 0 unspecified atom stereocenters. The Hall–Kier alpha value is -3.77. The highest BCUT2D eigenvalue weighted by Gasteiger charge is 2.20. The maximum Gasteiger partial charge on any atom is 0.104 e. The van der Waals surface area contributed by atoms with Crippen molar-refractivity contribution in [2.75, 3.05) is 0 Å². The Bertz CT molecular complexity index is 1380. The van der Waals surface area contributed by atoms with Gasteiger partial charge in [0.2, 0.25) is 0 Å². The van der Waals surface area contributed by atoms with Crippen molar-refractivity contribution < 1.29 is 0 Å². The summed E-state index contributed by atoms with van der Waals surface area (Å²) in [6.07, 6.45) is 0. The largest absolute Gasteiger partial charge is 0.312 e. The summed E-state index contributed by atoms with van der Waals surface area (Å²) in [7, 11) is 0. The van der Waals surface area contributed by atoms with Crippen LogP contribution in [-0.4, -0.2) is 9.13 Å². The second-order valence-corrected chi connectivity index (χ2v) is 7.91. The summed E-state index contributed by atoms with van der Waals surface area (Å²) in [6.45, 7) is 8.56. The van der Waals surface area contributed by atoms with E-state index in [1.807, 2.05) is 0 Å². The molecule has 5 aromatic rings. The second-order valence-electron chi connectivity index (χ2n) is 7.91. The number of nitriles is 1. The van der Waals surface area contributed by atoms with Crippen LogP contribution < -0.4 is 0 Å². The molecule has 0 amide bonds. The van der Waals surface area contributed by atoms with Gasteiger partial charge in [0.15, 0.2) is 0 Å². The van der Waals surface area contributed by atoms with Crippen molar-refractivity contribution in [2.45, 2.75) is 27.7 Å². The van der Waals surface area contributed by atoms with E-state index in [0.717, 1.165) is 33.8 Å². The van der Waals surface area contributed by atoms with Crippen LogP contribution in [0.5, 0.6) is 0 Å². The highest BCUT2D eigenvalue weighted by molar-refractivity contribution is 5.89. The maximum atomic E-state index is 10.3. The Morgan fingerprint density at radius 2 is 1.03 bits per heavy atom. The van der Waals surface area contributed by atoms with Gasteiger partial charge in [-0.2, -0.15) is 5.26 Å². The molecular formula is C27H23N3. The molecule has 0 saturated heterocycles. The summed E-state index contributed by atoms with van der Waals surface area (Å²) in [5, 5.41) is 12.7. The lowest BCUT2D eigenvalue weighted by Gasteiger charge is -2.16. The van der Waals surface area contributed by atoms with E-state index < -0.39 is 0 Å². The first-order valence-corrected chi connectivity index (χ1v) is 10.2. The zero-order chi connectivity index (χ0) is 21.0. The van der Waals surface area contributed by atoms with Crippen LogP contribution in [0, 0.1) is 39.0 Å². The fraction of sp³-hybridized carbons (Fsp3) is 0.148. The molecule has 0 atom stereocenters. The molecule has 3 heteroatoms. The molecule has 5 rings (SSSR count). The SMILES string of the molecule is Cc1c(C)n(-c2cccc(-n3c(C)c(C)c4ccccc43)c2C#N)c2ccccc12. The first-order valence-electron chi connectivity index (χ1n) is 10.2. The molecule has 146 valence electrons. The Morgan fingerprint density at radius 1 is 0.600 bits per heavy atom. The zero-order valence-electron chi connectivity index (χ0n) is 17.7. The van der Waals surface area contributed by atoms with Crippen LogP contribution in [0.1, 0.15) is 28.1 Å². The van der Waals surface area contributed by atoms with E-state index in [2.05, 4.69) is 110 Å². The average molecular weight is 390 g/mol. The van der Waals surface area contributed by atoms with Crippen molar-refractivity contribution in [3.05, 3.63) is 94.8 Å². The van der Waals surface area contributed by atoms with E-state index in [1.165, 1.54) is 21.9 Å². The summed E-state index contributed by atoms with van der Waals surface area (Å²) in [4.78, 5) is 0. The van der Waals surface area contributed by atoms with Crippen molar-refractivity contribution in [2.24, 2.45) is 0 Å². The summed E-state index contributed by atoms with van der Waals surface area (Å²) < 4.78 is 4.45. The van der Waals surface area contributed by atoms with Gasteiger partial charge >= 0.3 is 0 Å². The van der Waals surface area contributed by atoms with Crippen LogP contribution in [-0.2, 0) is 0 Å². The molecule has 3 aromatic carbocycles. The molecule has 2 aromatic heterocycles. The minimum absolute atomic E-state index is 0.685. The molecule has 30 heavy (non-hydrogen) atoms. The van der Waals surface area contributed by atoms with E-state index >= 15 is 0 Å². The molecule has 0 aliphatic carbocycles. The van der Waals surface area contributed by atoms with Gasteiger partial charge in [-0.15, -0.1) is 0 Å². The van der Waals surface area contributed by atoms with Crippen molar-refractivity contribution in [3.63, 3.8) is 0 Å². The Morgan fingerprint density at radius 3 is 1.47 bits per heavy atom. The molecular weight excluding hydrogens is 366 g/mol. The standard InChI is InChI=1S/C27H23N3/c1-17-19(3)29(24-12-7-5-10-21(17)24)26-14-9-15-27(23(26)16-28)30-20(4)18(2)22-11-6-8-13-25(22)30/h5-15H,1-4H3. The number of benzene rings is 3. The third-order valence-electron chi connectivity index (χ3n) is 6.47. The van der Waals surface area contributed by atoms with Gasteiger partial charge in [-0.1, -0.05) is 42.5 Å². The minimum Gasteiger partial charge on any atom is -0.312 e. The second kappa shape index (κ2) is 6.64. The number of para-hydroxylation sites is 2. The number of fused-ring (bicyclic) bond motifs is 2. The van der Waals surface area contributed by atoms with Gasteiger partial charge in [0.1, 0.15) is 11.6 Å². The van der Waals surface area contributed by atoms with Gasteiger partial charge < -0.3 is 9.13 Å². The Labute approximate surface area is 176 Å². The fourth-order valence-electron chi connectivity index (χ4n) is 4.69. The van der Waals surface area contributed by atoms with Gasteiger partial charge in [0.25, 0.3) is 0 Å². The third-order valence-corrected chi connectivity index (χ3v) is 6.47. The molecule has 3 nitrogen and oxygen atoms in total.